The Balaban J connectivity index is 0.00000158. The first-order valence-corrected chi connectivity index (χ1v) is 14.2. The first-order valence-electron chi connectivity index (χ1n) is 14.2. The van der Waals surface area contributed by atoms with Crippen LogP contribution in [0.15, 0.2) is 72.3 Å². The van der Waals surface area contributed by atoms with Crippen molar-refractivity contribution in [3.05, 3.63) is 89.0 Å². The van der Waals surface area contributed by atoms with E-state index in [4.69, 9.17) is 29.5 Å². The maximum absolute atomic E-state index is 8.36. The van der Waals surface area contributed by atoms with Crippen LogP contribution in [0.5, 0.6) is 11.5 Å². The molecule has 2 aromatic carbocycles. The van der Waals surface area contributed by atoms with Gasteiger partial charge in [0.25, 0.3) is 0 Å². The Bertz CT molecular complexity index is 1050. The number of benzene rings is 2. The van der Waals surface area contributed by atoms with E-state index in [0.717, 1.165) is 62.5 Å². The lowest BCUT2D eigenvalue weighted by Crippen LogP contribution is -2.14. The third-order valence-corrected chi connectivity index (χ3v) is 6.25. The fourth-order valence-corrected chi connectivity index (χ4v) is 3.59. The van der Waals surface area contributed by atoms with Gasteiger partial charge in [-0.25, -0.2) is 0 Å². The molecule has 2 aromatic rings. The lowest BCUT2D eigenvalue weighted by molar-refractivity contribution is 0.141. The molecular formula is C35H52O6. The smallest absolute Gasteiger partial charge is 0.161 e. The number of ether oxygens (including phenoxy) is 3. The number of hydrogen-bond donors (Lipinski definition) is 3. The summed E-state index contributed by atoms with van der Waals surface area (Å²) in [6.45, 7) is 8.00. The second-order valence-corrected chi connectivity index (χ2v) is 9.16. The second-order valence-electron chi connectivity index (χ2n) is 9.16. The molecule has 6 nitrogen and oxygen atoms in total. The van der Waals surface area contributed by atoms with E-state index in [1.54, 1.807) is 21.1 Å². The molecule has 1 aliphatic rings. The molecule has 0 radical (unpaired) electrons. The number of hydrogen-bond acceptors (Lipinski definition) is 6. The third kappa shape index (κ3) is 15.4. The van der Waals surface area contributed by atoms with Gasteiger partial charge in [0.15, 0.2) is 11.5 Å². The van der Waals surface area contributed by atoms with Gasteiger partial charge in [-0.1, -0.05) is 93.6 Å². The molecule has 6 heteroatoms. The Kier molecular flexibility index (Phi) is 21.7. The molecule has 0 heterocycles. The lowest BCUT2D eigenvalue weighted by atomic mass is 10.0. The summed E-state index contributed by atoms with van der Waals surface area (Å²) in [5.41, 5.74) is 4.68. The predicted molar refractivity (Wildman–Crippen MR) is 173 cm³/mol. The second kappa shape index (κ2) is 23.5. The van der Waals surface area contributed by atoms with Crippen molar-refractivity contribution < 1.29 is 29.5 Å². The third-order valence-electron chi connectivity index (χ3n) is 6.25. The van der Waals surface area contributed by atoms with E-state index < -0.39 is 0 Å². The van der Waals surface area contributed by atoms with E-state index in [1.165, 1.54) is 11.1 Å². The van der Waals surface area contributed by atoms with Gasteiger partial charge in [0.05, 0.1) is 25.4 Å². The highest BCUT2D eigenvalue weighted by atomic mass is 16.5. The molecule has 2 atom stereocenters. The minimum absolute atomic E-state index is 0.116. The van der Waals surface area contributed by atoms with Gasteiger partial charge in [-0.2, -0.15) is 0 Å². The minimum Gasteiger partial charge on any atom is -0.493 e. The van der Waals surface area contributed by atoms with E-state index in [0.29, 0.717) is 0 Å². The van der Waals surface area contributed by atoms with Crippen molar-refractivity contribution in [3.8, 4) is 11.5 Å². The molecule has 0 spiro atoms. The summed E-state index contributed by atoms with van der Waals surface area (Å²) in [5, 5.41) is 22.4. The summed E-state index contributed by atoms with van der Waals surface area (Å²) in [6.07, 6.45) is 18.8. The quantitative estimate of drug-likeness (QED) is 0.246. The number of methoxy groups -OCH3 is 2. The van der Waals surface area contributed by atoms with Gasteiger partial charge in [-0.05, 0) is 60.6 Å². The molecule has 0 aliphatic heterocycles. The highest BCUT2D eigenvalue weighted by Gasteiger charge is 2.10. The zero-order valence-electron chi connectivity index (χ0n) is 26.2. The summed E-state index contributed by atoms with van der Waals surface area (Å²) in [6, 6.07) is 14.6. The van der Waals surface area contributed by atoms with E-state index >= 15 is 0 Å². The molecule has 0 bridgehead atoms. The average Bonchev–Trinajstić information content (AvgIpc) is 3.04. The van der Waals surface area contributed by atoms with Gasteiger partial charge < -0.3 is 29.5 Å². The molecule has 0 saturated carbocycles. The monoisotopic (exact) mass is 568 g/mol. The van der Waals surface area contributed by atoms with Crippen molar-refractivity contribution in [3.63, 3.8) is 0 Å². The van der Waals surface area contributed by atoms with E-state index in [1.807, 2.05) is 19.1 Å². The van der Waals surface area contributed by atoms with Crippen LogP contribution in [0.2, 0.25) is 0 Å². The standard InChI is InChI=1S/C29H34O3.C4H10O.2CH4O/c1-5-26(6-2)32-28-19-18-25(21-29(28)31-4)17-15-23-12-10-22(11-13-23)14-16-24-8-7-9-27(20-24)30-3;1-3-4(2)5;2*1-2/h7-19,21,26-27H,5-6,20H2,1-4H3;4-5H,3H2,1-2H3;2*2H,1H3/b16-14+,17-15+;;;. The molecule has 41 heavy (non-hydrogen) atoms. The molecule has 0 amide bonds. The molecule has 1 aliphatic carbocycles. The van der Waals surface area contributed by atoms with Gasteiger partial charge in [-0.15, -0.1) is 0 Å². The average molecular weight is 569 g/mol. The van der Waals surface area contributed by atoms with Gasteiger partial charge in [-0.3, -0.25) is 0 Å². The maximum Gasteiger partial charge on any atom is 0.161 e. The SMILES string of the molecule is CCC(C)O.CCC(CC)Oc1ccc(/C=C/c2ccc(/C=C/C3=CC=CC(OC)C3)cc2)cc1OC.CO.CO. The Hall–Kier alpha value is -3.16. The normalized spacial score (nSPS) is 14.7. The van der Waals surface area contributed by atoms with Gasteiger partial charge in [0, 0.05) is 27.8 Å². The van der Waals surface area contributed by atoms with Crippen molar-refractivity contribution in [1.82, 2.24) is 0 Å². The Morgan fingerprint density at radius 3 is 1.78 bits per heavy atom. The van der Waals surface area contributed by atoms with E-state index in [-0.39, 0.29) is 18.3 Å². The summed E-state index contributed by atoms with van der Waals surface area (Å²) in [4.78, 5) is 0. The first-order chi connectivity index (χ1) is 19.9. The van der Waals surface area contributed by atoms with Crippen LogP contribution < -0.4 is 9.47 Å². The van der Waals surface area contributed by atoms with E-state index in [2.05, 4.69) is 86.7 Å². The number of allylic oxidation sites excluding steroid dienone is 3. The highest BCUT2D eigenvalue weighted by molar-refractivity contribution is 5.71. The Morgan fingerprint density at radius 2 is 1.29 bits per heavy atom. The molecule has 0 aromatic heterocycles. The maximum atomic E-state index is 8.36. The summed E-state index contributed by atoms with van der Waals surface area (Å²) < 4.78 is 17.0. The Labute approximate surface area is 248 Å². The fraction of sp³-hybridized carbons (Fsp3) is 0.429. The van der Waals surface area contributed by atoms with Crippen LogP contribution in [0, 0.1) is 0 Å². The summed E-state index contributed by atoms with van der Waals surface area (Å²) in [7, 11) is 5.43. The highest BCUT2D eigenvalue weighted by Crippen LogP contribution is 2.30. The van der Waals surface area contributed by atoms with Crippen LogP contribution in [-0.4, -0.2) is 62.1 Å². The molecule has 3 N–H and O–H groups in total. The molecule has 2 unspecified atom stereocenters. The molecular weight excluding hydrogens is 516 g/mol. The van der Waals surface area contributed by atoms with Crippen LogP contribution in [0.3, 0.4) is 0 Å². The molecule has 0 fully saturated rings. The van der Waals surface area contributed by atoms with Crippen molar-refractivity contribution in [2.75, 3.05) is 28.4 Å². The van der Waals surface area contributed by atoms with Crippen LogP contribution in [0.4, 0.5) is 0 Å². The summed E-state index contributed by atoms with van der Waals surface area (Å²) >= 11 is 0. The molecule has 3 rings (SSSR count). The topological polar surface area (TPSA) is 88.4 Å². The van der Waals surface area contributed by atoms with Crippen molar-refractivity contribution in [1.29, 1.82) is 0 Å². The molecule has 228 valence electrons. The van der Waals surface area contributed by atoms with Crippen molar-refractivity contribution in [2.45, 2.75) is 71.7 Å². The number of aliphatic hydroxyl groups is 3. The largest absolute Gasteiger partial charge is 0.493 e. The zero-order valence-corrected chi connectivity index (χ0v) is 26.2. The molecule has 0 saturated heterocycles. The van der Waals surface area contributed by atoms with Gasteiger partial charge in [0.1, 0.15) is 0 Å². The first kappa shape index (κ1) is 37.8. The van der Waals surface area contributed by atoms with Crippen LogP contribution in [0.1, 0.15) is 70.1 Å². The minimum atomic E-state index is -0.116. The van der Waals surface area contributed by atoms with E-state index in [9.17, 15) is 0 Å². The van der Waals surface area contributed by atoms with Crippen molar-refractivity contribution >= 4 is 18.2 Å². The van der Waals surface area contributed by atoms with Gasteiger partial charge >= 0.3 is 0 Å². The zero-order chi connectivity index (χ0) is 31.0. The van der Waals surface area contributed by atoms with Crippen LogP contribution in [-0.2, 0) is 4.74 Å². The van der Waals surface area contributed by atoms with Crippen molar-refractivity contribution in [2.24, 2.45) is 0 Å². The number of rotatable bonds is 11. The Morgan fingerprint density at radius 1 is 0.780 bits per heavy atom. The fourth-order valence-electron chi connectivity index (χ4n) is 3.59. The lowest BCUT2D eigenvalue weighted by Gasteiger charge is -2.18. The predicted octanol–water partition coefficient (Wildman–Crippen LogP) is 7.34. The van der Waals surface area contributed by atoms with Gasteiger partial charge in [0.2, 0.25) is 0 Å². The van der Waals surface area contributed by atoms with Crippen LogP contribution >= 0.6 is 0 Å². The van der Waals surface area contributed by atoms with Crippen LogP contribution in [0.25, 0.3) is 18.2 Å². The summed E-state index contributed by atoms with van der Waals surface area (Å²) in [5.74, 6) is 1.57. The number of aliphatic hydroxyl groups excluding tert-OH is 3.